The van der Waals surface area contributed by atoms with Gasteiger partial charge in [0.2, 0.25) is 0 Å². The maximum absolute atomic E-state index is 2.47. The van der Waals surface area contributed by atoms with Gasteiger partial charge >= 0.3 is 0 Å². The van der Waals surface area contributed by atoms with Crippen molar-refractivity contribution >= 4 is 32.3 Å². The highest BCUT2D eigenvalue weighted by molar-refractivity contribution is 6.15. The summed E-state index contributed by atoms with van der Waals surface area (Å²) >= 11 is 0. The molecule has 0 aliphatic heterocycles. The van der Waals surface area contributed by atoms with Gasteiger partial charge in [0.15, 0.2) is 0 Å². The topological polar surface area (TPSA) is 0 Å². The van der Waals surface area contributed by atoms with E-state index in [1.807, 2.05) is 0 Å². The monoisotopic (exact) mass is 522 g/mol. The summed E-state index contributed by atoms with van der Waals surface area (Å²) in [5.41, 5.74) is 13.7. The molecule has 0 saturated heterocycles. The van der Waals surface area contributed by atoms with E-state index in [4.69, 9.17) is 0 Å². The van der Waals surface area contributed by atoms with E-state index in [0.717, 1.165) is 12.8 Å². The Bertz CT molecular complexity index is 2230. The third-order valence-electron chi connectivity index (χ3n) is 9.93. The minimum absolute atomic E-state index is 0.0748. The van der Waals surface area contributed by atoms with E-state index >= 15 is 0 Å². The van der Waals surface area contributed by atoms with Gasteiger partial charge in [-0.1, -0.05) is 117 Å². The van der Waals surface area contributed by atoms with Crippen LogP contribution in [0.25, 0.3) is 65.7 Å². The predicted octanol–water partition coefficient (Wildman–Crippen LogP) is 10.9. The second kappa shape index (κ2) is 8.18. The summed E-state index contributed by atoms with van der Waals surface area (Å²) in [6, 6.07) is 45.9. The van der Waals surface area contributed by atoms with Crippen molar-refractivity contribution < 1.29 is 0 Å². The zero-order chi connectivity index (χ0) is 27.3. The number of hydrogen-bond acceptors (Lipinski definition) is 0. The van der Waals surface area contributed by atoms with E-state index < -0.39 is 0 Å². The molecular formula is C41H30. The summed E-state index contributed by atoms with van der Waals surface area (Å²) in [5.74, 6) is 0. The lowest BCUT2D eigenvalue weighted by atomic mass is 9.80. The van der Waals surface area contributed by atoms with Crippen molar-refractivity contribution in [3.05, 3.63) is 144 Å². The molecule has 0 atom stereocenters. The van der Waals surface area contributed by atoms with E-state index in [1.165, 1.54) is 88.0 Å². The van der Waals surface area contributed by atoms with Crippen LogP contribution in [0.2, 0.25) is 0 Å². The van der Waals surface area contributed by atoms with Crippen LogP contribution in [0.15, 0.2) is 121 Å². The molecule has 2 aliphatic rings. The van der Waals surface area contributed by atoms with Crippen molar-refractivity contribution in [1.82, 2.24) is 0 Å². The zero-order valence-electron chi connectivity index (χ0n) is 23.5. The average Bonchev–Trinajstić information content (AvgIpc) is 3.25. The third-order valence-corrected chi connectivity index (χ3v) is 9.93. The lowest BCUT2D eigenvalue weighted by Gasteiger charge is -2.23. The van der Waals surface area contributed by atoms with Gasteiger partial charge in [-0.25, -0.2) is 0 Å². The van der Waals surface area contributed by atoms with Gasteiger partial charge in [-0.2, -0.15) is 0 Å². The first-order valence-electron chi connectivity index (χ1n) is 14.8. The van der Waals surface area contributed by atoms with Crippen molar-refractivity contribution in [2.24, 2.45) is 0 Å². The summed E-state index contributed by atoms with van der Waals surface area (Å²) in [6.45, 7) is 4.79. The third kappa shape index (κ3) is 3.22. The van der Waals surface area contributed by atoms with Gasteiger partial charge in [0, 0.05) is 5.41 Å². The minimum atomic E-state index is -0.0748. The Morgan fingerprint density at radius 1 is 0.439 bits per heavy atom. The average molecular weight is 523 g/mol. The molecule has 0 nitrogen and oxygen atoms in total. The van der Waals surface area contributed by atoms with Crippen molar-refractivity contribution in [3.63, 3.8) is 0 Å². The molecule has 0 heteroatoms. The van der Waals surface area contributed by atoms with E-state index in [-0.39, 0.29) is 5.41 Å². The van der Waals surface area contributed by atoms with Gasteiger partial charge in [0.1, 0.15) is 0 Å². The van der Waals surface area contributed by atoms with Crippen LogP contribution in [-0.4, -0.2) is 0 Å². The molecular weight excluding hydrogens is 492 g/mol. The van der Waals surface area contributed by atoms with Gasteiger partial charge in [-0.15, -0.1) is 0 Å². The Hall–Kier alpha value is -4.68. The highest BCUT2D eigenvalue weighted by Crippen LogP contribution is 2.51. The van der Waals surface area contributed by atoms with E-state index in [0.29, 0.717) is 0 Å². The molecule has 0 aromatic heterocycles. The van der Waals surface area contributed by atoms with Crippen LogP contribution in [0, 0.1) is 0 Å². The van der Waals surface area contributed by atoms with Crippen LogP contribution < -0.4 is 0 Å². The first-order valence-corrected chi connectivity index (χ1v) is 14.8. The molecule has 0 radical (unpaired) electrons. The second-order valence-corrected chi connectivity index (χ2v) is 12.5. The summed E-state index contributed by atoms with van der Waals surface area (Å²) in [6.07, 6.45) is 2.26. The molecule has 7 aromatic carbocycles. The fraction of sp³-hybridized carbons (Fsp3) is 0.122. The Morgan fingerprint density at radius 2 is 1.05 bits per heavy atom. The van der Waals surface area contributed by atoms with Crippen LogP contribution >= 0.6 is 0 Å². The van der Waals surface area contributed by atoms with Gasteiger partial charge in [-0.05, 0) is 119 Å². The first-order chi connectivity index (χ1) is 20.1. The largest absolute Gasteiger partial charge is 0.0616 e. The summed E-state index contributed by atoms with van der Waals surface area (Å²) in [7, 11) is 0. The molecule has 0 amide bonds. The molecule has 0 saturated carbocycles. The smallest absolute Gasteiger partial charge is 0.0159 e. The first kappa shape index (κ1) is 23.1. The molecule has 0 spiro atoms. The standard InChI is InChI=1S/C41H30/c1-41(2)37-23-31(30-13-10-25-6-3-4-7-29(25)22-30)16-19-34(37)35-20-17-32(24-38(35)41)33-18-14-28-12-11-26-8-5-9-27-15-21-36(33)40(28)39(26)27/h3-10,13-24H,11-12H2,1-2H3. The quantitative estimate of drug-likeness (QED) is 0.198. The van der Waals surface area contributed by atoms with Crippen molar-refractivity contribution in [3.8, 4) is 33.4 Å². The zero-order valence-corrected chi connectivity index (χ0v) is 23.5. The summed E-state index contributed by atoms with van der Waals surface area (Å²) in [4.78, 5) is 0. The Balaban J connectivity index is 1.18. The van der Waals surface area contributed by atoms with Crippen LogP contribution in [0.1, 0.15) is 36.1 Å². The number of aryl methyl sites for hydroxylation is 2. The van der Waals surface area contributed by atoms with Crippen molar-refractivity contribution in [2.75, 3.05) is 0 Å². The molecule has 0 heterocycles. The highest BCUT2D eigenvalue weighted by Gasteiger charge is 2.36. The molecule has 9 rings (SSSR count). The number of rotatable bonds is 2. The molecule has 0 bridgehead atoms. The van der Waals surface area contributed by atoms with Crippen LogP contribution in [0.5, 0.6) is 0 Å². The van der Waals surface area contributed by atoms with E-state index in [1.54, 1.807) is 0 Å². The lowest BCUT2D eigenvalue weighted by molar-refractivity contribution is 0.661. The van der Waals surface area contributed by atoms with Gasteiger partial charge < -0.3 is 0 Å². The van der Waals surface area contributed by atoms with Gasteiger partial charge in [0.25, 0.3) is 0 Å². The van der Waals surface area contributed by atoms with Crippen LogP contribution in [0.3, 0.4) is 0 Å². The SMILES string of the molecule is CC1(C)c2cc(-c3ccc4ccccc4c3)ccc2-c2ccc(-c3ccc4c5c3ccc3cccc(c35)CC4)cc21. The molecule has 41 heavy (non-hydrogen) atoms. The predicted molar refractivity (Wildman–Crippen MR) is 175 cm³/mol. The normalized spacial score (nSPS) is 14.6. The maximum Gasteiger partial charge on any atom is 0.0159 e. The van der Waals surface area contributed by atoms with Crippen LogP contribution in [0.4, 0.5) is 0 Å². The molecule has 0 fully saturated rings. The maximum atomic E-state index is 2.47. The molecule has 2 aliphatic carbocycles. The fourth-order valence-electron chi connectivity index (χ4n) is 7.76. The lowest BCUT2D eigenvalue weighted by Crippen LogP contribution is -2.15. The Kier molecular flexibility index (Phi) is 4.60. The molecule has 0 N–H and O–H groups in total. The van der Waals surface area contributed by atoms with Crippen LogP contribution in [-0.2, 0) is 18.3 Å². The second-order valence-electron chi connectivity index (χ2n) is 12.5. The number of fused-ring (bicyclic) bond motifs is 4. The fourth-order valence-corrected chi connectivity index (χ4v) is 7.76. The van der Waals surface area contributed by atoms with Crippen molar-refractivity contribution in [2.45, 2.75) is 32.1 Å². The summed E-state index contributed by atoms with van der Waals surface area (Å²) in [5, 5.41) is 8.24. The number of benzene rings is 7. The Morgan fingerprint density at radius 3 is 1.88 bits per heavy atom. The highest BCUT2D eigenvalue weighted by atomic mass is 14.4. The van der Waals surface area contributed by atoms with Gasteiger partial charge in [-0.3, -0.25) is 0 Å². The number of hydrogen-bond donors (Lipinski definition) is 0. The minimum Gasteiger partial charge on any atom is -0.0616 e. The molecule has 194 valence electrons. The van der Waals surface area contributed by atoms with Gasteiger partial charge in [0.05, 0.1) is 0 Å². The molecule has 0 unspecified atom stereocenters. The van der Waals surface area contributed by atoms with E-state index in [2.05, 4.69) is 135 Å². The van der Waals surface area contributed by atoms with Crippen molar-refractivity contribution in [1.29, 1.82) is 0 Å². The summed E-state index contributed by atoms with van der Waals surface area (Å²) < 4.78 is 0. The molecule has 7 aromatic rings. The Labute approximate surface area is 240 Å². The van der Waals surface area contributed by atoms with E-state index in [9.17, 15) is 0 Å².